The van der Waals surface area contributed by atoms with Crippen LogP contribution in [0, 0.1) is 10.1 Å². The average Bonchev–Trinajstić information content (AvgIpc) is 2.60. The van der Waals surface area contributed by atoms with E-state index in [4.69, 9.17) is 27.9 Å². The monoisotopic (exact) mass is 395 g/mol. The predicted octanol–water partition coefficient (Wildman–Crippen LogP) is 4.21. The van der Waals surface area contributed by atoms with Crippen LogP contribution in [-0.4, -0.2) is 23.7 Å². The van der Waals surface area contributed by atoms with E-state index in [1.165, 1.54) is 18.3 Å². The molecule has 0 spiro atoms. The van der Waals surface area contributed by atoms with Crippen molar-refractivity contribution in [2.45, 2.75) is 12.8 Å². The van der Waals surface area contributed by atoms with Gasteiger partial charge >= 0.3 is 0 Å². The molecule has 2 aromatic carbocycles. The summed E-state index contributed by atoms with van der Waals surface area (Å²) in [4.78, 5) is 21.9. The van der Waals surface area contributed by atoms with E-state index in [9.17, 15) is 14.9 Å². The number of benzene rings is 2. The fraction of sp³-hybridized carbons (Fsp3) is 0.176. The van der Waals surface area contributed by atoms with E-state index in [0.717, 1.165) is 0 Å². The summed E-state index contributed by atoms with van der Waals surface area (Å²) < 4.78 is 5.48. The highest BCUT2D eigenvalue weighted by atomic mass is 35.5. The summed E-state index contributed by atoms with van der Waals surface area (Å²) in [5.41, 5.74) is 2.83. The van der Waals surface area contributed by atoms with Crippen LogP contribution in [0.2, 0.25) is 10.0 Å². The predicted molar refractivity (Wildman–Crippen MR) is 100 cm³/mol. The smallest absolute Gasteiger partial charge is 0.270 e. The van der Waals surface area contributed by atoms with E-state index in [1.54, 1.807) is 30.3 Å². The number of non-ortho nitro benzene ring substituents is 1. The van der Waals surface area contributed by atoms with Gasteiger partial charge in [0.05, 0.1) is 22.8 Å². The molecule has 0 aliphatic heterocycles. The lowest BCUT2D eigenvalue weighted by molar-refractivity contribution is -0.384. The molecule has 0 aliphatic carbocycles. The molecule has 7 nitrogen and oxygen atoms in total. The summed E-state index contributed by atoms with van der Waals surface area (Å²) >= 11 is 11.8. The van der Waals surface area contributed by atoms with Crippen LogP contribution in [0.25, 0.3) is 0 Å². The third-order valence-corrected chi connectivity index (χ3v) is 3.71. The van der Waals surface area contributed by atoms with Gasteiger partial charge in [-0.2, -0.15) is 5.10 Å². The molecule has 26 heavy (non-hydrogen) atoms. The van der Waals surface area contributed by atoms with Crippen molar-refractivity contribution >= 4 is 41.0 Å². The van der Waals surface area contributed by atoms with Crippen LogP contribution in [0.3, 0.4) is 0 Å². The molecule has 0 heterocycles. The number of carbonyl (C=O) groups is 1. The Kier molecular flexibility index (Phi) is 7.37. The fourth-order valence-corrected chi connectivity index (χ4v) is 2.42. The van der Waals surface area contributed by atoms with Crippen molar-refractivity contribution in [3.8, 4) is 5.75 Å². The molecule has 0 fully saturated rings. The summed E-state index contributed by atoms with van der Waals surface area (Å²) in [5, 5.41) is 15.4. The molecule has 2 aromatic rings. The van der Waals surface area contributed by atoms with Crippen LogP contribution in [0.15, 0.2) is 47.6 Å². The number of halogens is 2. The standard InChI is InChI=1S/C17H15Cl2N3O4/c18-13-6-7-16(15(19)10-13)26-8-2-5-17(23)21-20-11-12-3-1-4-14(9-12)22(24)25/h1,3-4,6-7,9-11H,2,5,8H2,(H,21,23). The third kappa shape index (κ3) is 6.34. The average molecular weight is 396 g/mol. The fourth-order valence-electron chi connectivity index (χ4n) is 1.96. The first-order chi connectivity index (χ1) is 12.5. The maximum absolute atomic E-state index is 11.7. The molecule has 0 aromatic heterocycles. The molecular formula is C17H15Cl2N3O4. The van der Waals surface area contributed by atoms with Crippen molar-refractivity contribution in [1.82, 2.24) is 5.43 Å². The number of ether oxygens (including phenoxy) is 1. The Hall–Kier alpha value is -2.64. The Labute approximate surface area is 159 Å². The number of nitro groups is 1. The first-order valence-electron chi connectivity index (χ1n) is 7.60. The van der Waals surface area contributed by atoms with Gasteiger partial charge in [0.25, 0.3) is 5.69 Å². The molecule has 0 aliphatic rings. The van der Waals surface area contributed by atoms with Gasteiger partial charge < -0.3 is 4.74 Å². The van der Waals surface area contributed by atoms with Crippen LogP contribution in [0.4, 0.5) is 5.69 Å². The topological polar surface area (TPSA) is 93.8 Å². The van der Waals surface area contributed by atoms with Gasteiger partial charge in [-0.3, -0.25) is 14.9 Å². The van der Waals surface area contributed by atoms with Crippen molar-refractivity contribution in [1.29, 1.82) is 0 Å². The molecule has 1 amide bonds. The van der Waals surface area contributed by atoms with Gasteiger partial charge in [0, 0.05) is 29.1 Å². The van der Waals surface area contributed by atoms with Gasteiger partial charge in [-0.1, -0.05) is 35.3 Å². The van der Waals surface area contributed by atoms with E-state index in [1.807, 2.05) is 0 Å². The van der Waals surface area contributed by atoms with Crippen molar-refractivity contribution in [2.75, 3.05) is 6.61 Å². The maximum atomic E-state index is 11.7. The number of hydrogen-bond donors (Lipinski definition) is 1. The first-order valence-corrected chi connectivity index (χ1v) is 8.35. The third-order valence-electron chi connectivity index (χ3n) is 3.18. The van der Waals surface area contributed by atoms with E-state index >= 15 is 0 Å². The van der Waals surface area contributed by atoms with Gasteiger partial charge in [-0.15, -0.1) is 0 Å². The summed E-state index contributed by atoms with van der Waals surface area (Å²) in [7, 11) is 0. The van der Waals surface area contributed by atoms with Crippen LogP contribution in [0.5, 0.6) is 5.75 Å². The summed E-state index contributed by atoms with van der Waals surface area (Å²) in [6, 6.07) is 10.8. The molecule has 0 atom stereocenters. The highest BCUT2D eigenvalue weighted by molar-refractivity contribution is 6.35. The molecule has 0 radical (unpaired) electrons. The SMILES string of the molecule is O=C(CCCOc1ccc(Cl)cc1Cl)NN=Cc1cccc([N+](=O)[O-])c1. The van der Waals surface area contributed by atoms with Gasteiger partial charge in [0.1, 0.15) is 5.75 Å². The lowest BCUT2D eigenvalue weighted by Crippen LogP contribution is -2.18. The first kappa shape index (κ1) is 19.7. The molecular weight excluding hydrogens is 381 g/mol. The van der Waals surface area contributed by atoms with Gasteiger partial charge in [0.15, 0.2) is 0 Å². The Morgan fingerprint density at radius 3 is 2.81 bits per heavy atom. The highest BCUT2D eigenvalue weighted by Crippen LogP contribution is 2.27. The minimum Gasteiger partial charge on any atom is -0.492 e. The zero-order valence-electron chi connectivity index (χ0n) is 13.5. The number of hydrazone groups is 1. The van der Waals surface area contributed by atoms with Crippen molar-refractivity contribution in [2.24, 2.45) is 5.10 Å². The minimum atomic E-state index is -0.497. The second-order valence-corrected chi connectivity index (χ2v) is 6.02. The zero-order chi connectivity index (χ0) is 18.9. The molecule has 0 unspecified atom stereocenters. The van der Waals surface area contributed by atoms with Crippen LogP contribution >= 0.6 is 23.2 Å². The number of nitrogens with one attached hydrogen (secondary N) is 1. The molecule has 9 heteroatoms. The number of rotatable bonds is 8. The molecule has 0 bridgehead atoms. The van der Waals surface area contributed by atoms with Crippen molar-refractivity contribution in [3.63, 3.8) is 0 Å². The molecule has 0 saturated heterocycles. The Morgan fingerprint density at radius 1 is 1.27 bits per heavy atom. The van der Waals surface area contributed by atoms with E-state index in [0.29, 0.717) is 34.4 Å². The molecule has 136 valence electrons. The Morgan fingerprint density at radius 2 is 2.08 bits per heavy atom. The van der Waals surface area contributed by atoms with Crippen LogP contribution in [0.1, 0.15) is 18.4 Å². The lowest BCUT2D eigenvalue weighted by Gasteiger charge is -2.07. The maximum Gasteiger partial charge on any atom is 0.270 e. The quantitative estimate of drug-likeness (QED) is 0.313. The van der Waals surface area contributed by atoms with E-state index in [-0.39, 0.29) is 18.0 Å². The van der Waals surface area contributed by atoms with Crippen molar-refractivity contribution in [3.05, 3.63) is 68.2 Å². The summed E-state index contributed by atoms with van der Waals surface area (Å²) in [6.07, 6.45) is 2.02. The second-order valence-electron chi connectivity index (χ2n) is 5.17. The largest absolute Gasteiger partial charge is 0.492 e. The number of amides is 1. The number of hydrogen-bond acceptors (Lipinski definition) is 5. The highest BCUT2D eigenvalue weighted by Gasteiger charge is 2.05. The summed E-state index contributed by atoms with van der Waals surface area (Å²) in [6.45, 7) is 0.309. The van der Waals surface area contributed by atoms with Gasteiger partial charge in [-0.25, -0.2) is 5.43 Å². The molecule has 2 rings (SSSR count). The van der Waals surface area contributed by atoms with Gasteiger partial charge in [0.2, 0.25) is 5.91 Å². The molecule has 0 saturated carbocycles. The van der Waals surface area contributed by atoms with E-state index < -0.39 is 4.92 Å². The number of nitro benzene ring substituents is 1. The van der Waals surface area contributed by atoms with Gasteiger partial charge in [-0.05, 0) is 24.6 Å². The zero-order valence-corrected chi connectivity index (χ0v) is 15.0. The normalized spacial score (nSPS) is 10.7. The number of carbonyl (C=O) groups excluding carboxylic acids is 1. The Balaban J connectivity index is 1.72. The number of nitrogens with zero attached hydrogens (tertiary/aromatic N) is 2. The van der Waals surface area contributed by atoms with Crippen LogP contribution < -0.4 is 10.2 Å². The van der Waals surface area contributed by atoms with E-state index in [2.05, 4.69) is 10.5 Å². The molecule has 1 N–H and O–H groups in total. The van der Waals surface area contributed by atoms with Crippen molar-refractivity contribution < 1.29 is 14.5 Å². The van der Waals surface area contributed by atoms with Crippen LogP contribution in [-0.2, 0) is 4.79 Å². The minimum absolute atomic E-state index is 0.0433. The summed E-state index contributed by atoms with van der Waals surface area (Å²) in [5.74, 6) is 0.206. The second kappa shape index (κ2) is 9.74. The Bertz CT molecular complexity index is 827. The lowest BCUT2D eigenvalue weighted by atomic mass is 10.2.